The molecule has 0 amide bonds. The summed E-state index contributed by atoms with van der Waals surface area (Å²) in [6.07, 6.45) is 3.72. The van der Waals surface area contributed by atoms with Crippen molar-refractivity contribution in [2.45, 2.75) is 33.7 Å². The van der Waals surface area contributed by atoms with E-state index in [0.29, 0.717) is 0 Å². The summed E-state index contributed by atoms with van der Waals surface area (Å²) in [6.45, 7) is 10.3. The first-order valence-corrected chi connectivity index (χ1v) is 9.40. The van der Waals surface area contributed by atoms with Crippen molar-refractivity contribution in [2.75, 3.05) is 32.5 Å². The first-order valence-electron chi connectivity index (χ1n) is 8.99. The summed E-state index contributed by atoms with van der Waals surface area (Å²) in [5.74, 6) is 0. The number of pyridine rings is 1. The Kier molecular flexibility index (Phi) is 7.12. The second kappa shape index (κ2) is 9.10. The number of benzene rings is 1. The van der Waals surface area contributed by atoms with Gasteiger partial charge in [0.25, 0.3) is 0 Å². The molecule has 0 fully saturated rings. The maximum Gasteiger partial charge on any atom is 0.173 e. The van der Waals surface area contributed by atoms with Gasteiger partial charge in [-0.15, -0.1) is 0 Å². The minimum atomic E-state index is 0.148. The van der Waals surface area contributed by atoms with E-state index in [1.165, 1.54) is 16.7 Å². The first kappa shape index (κ1) is 20.3. The Bertz CT molecular complexity index is 720. The Labute approximate surface area is 163 Å². The Morgan fingerprint density at radius 1 is 1.15 bits per heavy atom. The fraction of sp³-hybridized carbons (Fsp3) is 0.429. The Morgan fingerprint density at radius 2 is 1.81 bits per heavy atom. The van der Waals surface area contributed by atoms with Crippen molar-refractivity contribution in [2.24, 2.45) is 0 Å². The average molecular weight is 371 g/mol. The molecule has 4 nitrogen and oxygen atoms in total. The van der Waals surface area contributed by atoms with Crippen molar-refractivity contribution >= 4 is 23.0 Å². The van der Waals surface area contributed by atoms with Crippen LogP contribution in [0.1, 0.15) is 35.2 Å². The van der Waals surface area contributed by atoms with Gasteiger partial charge in [-0.2, -0.15) is 0 Å². The molecule has 5 heteroatoms. The van der Waals surface area contributed by atoms with Gasteiger partial charge in [0.15, 0.2) is 5.11 Å². The summed E-state index contributed by atoms with van der Waals surface area (Å²) < 4.78 is 0. The number of aryl methyl sites for hydroxylation is 3. The molecule has 140 valence electrons. The summed E-state index contributed by atoms with van der Waals surface area (Å²) in [5, 5.41) is 4.25. The van der Waals surface area contributed by atoms with Crippen LogP contribution in [-0.4, -0.2) is 47.1 Å². The molecule has 1 N–H and O–H groups in total. The van der Waals surface area contributed by atoms with Gasteiger partial charge in [-0.05, 0) is 76.8 Å². The van der Waals surface area contributed by atoms with Crippen LogP contribution in [0.4, 0.5) is 5.69 Å². The third-order valence-electron chi connectivity index (χ3n) is 4.59. The normalized spacial score (nSPS) is 12.1. The van der Waals surface area contributed by atoms with Crippen molar-refractivity contribution in [3.05, 3.63) is 58.9 Å². The molecule has 0 aliphatic rings. The van der Waals surface area contributed by atoms with Crippen LogP contribution in [0.25, 0.3) is 0 Å². The molecule has 1 aromatic carbocycles. The number of hydrogen-bond donors (Lipinski definition) is 1. The number of anilines is 1. The van der Waals surface area contributed by atoms with E-state index in [1.54, 1.807) is 6.20 Å². The number of likely N-dealkylation sites (N-methyl/N-ethyl adjacent to an activating group) is 1. The molecular formula is C21H30N4S. The van der Waals surface area contributed by atoms with E-state index in [4.69, 9.17) is 12.2 Å². The van der Waals surface area contributed by atoms with Gasteiger partial charge < -0.3 is 15.1 Å². The van der Waals surface area contributed by atoms with Crippen LogP contribution >= 0.6 is 12.2 Å². The number of nitrogens with zero attached hydrogens (tertiary/aromatic N) is 3. The first-order chi connectivity index (χ1) is 12.3. The summed E-state index contributed by atoms with van der Waals surface area (Å²) in [4.78, 5) is 8.68. The third-order valence-corrected chi connectivity index (χ3v) is 4.93. The van der Waals surface area contributed by atoms with E-state index in [2.05, 4.69) is 80.1 Å². The number of hydrogen-bond acceptors (Lipinski definition) is 3. The molecule has 2 rings (SSSR count). The molecule has 0 aliphatic heterocycles. The van der Waals surface area contributed by atoms with Crippen LogP contribution in [0.2, 0.25) is 0 Å². The zero-order valence-electron chi connectivity index (χ0n) is 16.7. The summed E-state index contributed by atoms with van der Waals surface area (Å²) in [7, 11) is 4.16. The molecule has 1 aromatic heterocycles. The molecule has 0 bridgehead atoms. The lowest BCUT2D eigenvalue weighted by molar-refractivity contribution is 0.289. The predicted molar refractivity (Wildman–Crippen MR) is 115 cm³/mol. The zero-order chi connectivity index (χ0) is 19.3. The summed E-state index contributed by atoms with van der Waals surface area (Å²) >= 11 is 5.81. The fourth-order valence-electron chi connectivity index (χ4n) is 3.14. The van der Waals surface area contributed by atoms with E-state index in [1.807, 2.05) is 12.3 Å². The minimum Gasteiger partial charge on any atom is -0.341 e. The second-order valence-electron chi connectivity index (χ2n) is 7.16. The molecule has 1 heterocycles. The molecule has 2 aromatic rings. The number of thiocarbonyl (C=S) groups is 1. The Morgan fingerprint density at radius 3 is 2.35 bits per heavy atom. The van der Waals surface area contributed by atoms with Crippen LogP contribution in [-0.2, 0) is 0 Å². The fourth-order valence-corrected chi connectivity index (χ4v) is 3.49. The van der Waals surface area contributed by atoms with Crippen molar-refractivity contribution < 1.29 is 0 Å². The van der Waals surface area contributed by atoms with Gasteiger partial charge in [0.2, 0.25) is 0 Å². The summed E-state index contributed by atoms with van der Waals surface area (Å²) in [5.41, 5.74) is 5.96. The second-order valence-corrected chi connectivity index (χ2v) is 7.55. The van der Waals surface area contributed by atoms with Crippen LogP contribution in [0.5, 0.6) is 0 Å². The van der Waals surface area contributed by atoms with Crippen LogP contribution in [0.3, 0.4) is 0 Å². The van der Waals surface area contributed by atoms with Crippen LogP contribution < -0.4 is 5.32 Å². The van der Waals surface area contributed by atoms with Gasteiger partial charge >= 0.3 is 0 Å². The van der Waals surface area contributed by atoms with Gasteiger partial charge in [-0.3, -0.25) is 4.98 Å². The zero-order valence-corrected chi connectivity index (χ0v) is 17.5. The van der Waals surface area contributed by atoms with Crippen LogP contribution in [0, 0.1) is 20.8 Å². The maximum absolute atomic E-state index is 5.81. The number of nitrogens with one attached hydrogen (secondary N) is 1. The lowest BCUT2D eigenvalue weighted by Crippen LogP contribution is -2.41. The molecular weight excluding hydrogens is 340 g/mol. The van der Waals surface area contributed by atoms with E-state index in [0.717, 1.165) is 29.5 Å². The van der Waals surface area contributed by atoms with E-state index < -0.39 is 0 Å². The van der Waals surface area contributed by atoms with Gasteiger partial charge in [-0.25, -0.2) is 0 Å². The topological polar surface area (TPSA) is 31.4 Å². The highest BCUT2D eigenvalue weighted by Gasteiger charge is 2.20. The Balaban J connectivity index is 2.25. The minimum absolute atomic E-state index is 0.148. The molecule has 1 atom stereocenters. The van der Waals surface area contributed by atoms with Gasteiger partial charge in [0, 0.05) is 31.2 Å². The highest BCUT2D eigenvalue weighted by atomic mass is 32.1. The lowest BCUT2D eigenvalue weighted by atomic mass is 10.1. The van der Waals surface area contributed by atoms with Crippen LogP contribution in [0.15, 0.2) is 36.7 Å². The number of rotatable bonds is 6. The lowest BCUT2D eigenvalue weighted by Gasteiger charge is -2.33. The predicted octanol–water partition coefficient (Wildman–Crippen LogP) is 4.33. The average Bonchev–Trinajstić information content (AvgIpc) is 2.58. The van der Waals surface area contributed by atoms with E-state index in [-0.39, 0.29) is 6.04 Å². The SMILES string of the molecule is Cc1cc(C)c(NC(=S)N(CCN(C)C)[C@H](C)c2cccnc2)c(C)c1. The van der Waals surface area contributed by atoms with Crippen molar-refractivity contribution in [1.82, 2.24) is 14.8 Å². The highest BCUT2D eigenvalue weighted by molar-refractivity contribution is 7.80. The monoisotopic (exact) mass is 370 g/mol. The van der Waals surface area contributed by atoms with Gasteiger partial charge in [0.05, 0.1) is 6.04 Å². The molecule has 0 saturated heterocycles. The van der Waals surface area contributed by atoms with Crippen molar-refractivity contribution in [3.63, 3.8) is 0 Å². The third kappa shape index (κ3) is 5.26. The largest absolute Gasteiger partial charge is 0.341 e. The molecule has 0 spiro atoms. The highest BCUT2D eigenvalue weighted by Crippen LogP contribution is 2.25. The van der Waals surface area contributed by atoms with E-state index >= 15 is 0 Å². The standard InChI is InChI=1S/C21H30N4S/c1-15-12-16(2)20(17(3)13-15)23-21(26)25(11-10-24(5)6)18(4)19-8-7-9-22-14-19/h7-9,12-14,18H,10-11H2,1-6H3,(H,23,26)/t18-/m1/s1. The van der Waals surface area contributed by atoms with Crippen molar-refractivity contribution in [1.29, 1.82) is 0 Å². The quantitative estimate of drug-likeness (QED) is 0.765. The summed E-state index contributed by atoms with van der Waals surface area (Å²) in [6, 6.07) is 8.60. The Hall–Kier alpha value is -1.98. The van der Waals surface area contributed by atoms with Gasteiger partial charge in [0.1, 0.15) is 0 Å². The molecule has 0 radical (unpaired) electrons. The molecule has 26 heavy (non-hydrogen) atoms. The van der Waals surface area contributed by atoms with E-state index in [9.17, 15) is 0 Å². The maximum atomic E-state index is 5.81. The van der Waals surface area contributed by atoms with Crippen molar-refractivity contribution in [3.8, 4) is 0 Å². The molecule has 0 aliphatic carbocycles. The van der Waals surface area contributed by atoms with Gasteiger partial charge in [-0.1, -0.05) is 23.8 Å². The number of aromatic nitrogens is 1. The molecule has 0 saturated carbocycles. The smallest absolute Gasteiger partial charge is 0.173 e. The molecule has 0 unspecified atom stereocenters.